The highest BCUT2D eigenvalue weighted by molar-refractivity contribution is 6.00. The summed E-state index contributed by atoms with van der Waals surface area (Å²) in [5.41, 5.74) is 0.328. The molecule has 1 aromatic heterocycles. The Kier molecular flexibility index (Phi) is 4.27. The molecular formula is C13H16N2O3. The van der Waals surface area contributed by atoms with Crippen molar-refractivity contribution < 1.29 is 14.0 Å². The van der Waals surface area contributed by atoms with Crippen molar-refractivity contribution in [1.29, 1.82) is 5.26 Å². The van der Waals surface area contributed by atoms with E-state index in [1.54, 1.807) is 6.92 Å². The average molecular weight is 248 g/mol. The van der Waals surface area contributed by atoms with E-state index in [-0.39, 0.29) is 34.6 Å². The molecule has 0 aromatic carbocycles. The van der Waals surface area contributed by atoms with E-state index in [0.717, 1.165) is 0 Å². The molecule has 1 aromatic rings. The molecule has 0 spiro atoms. The van der Waals surface area contributed by atoms with Crippen LogP contribution in [0.25, 0.3) is 0 Å². The van der Waals surface area contributed by atoms with Gasteiger partial charge in [-0.3, -0.25) is 14.9 Å². The van der Waals surface area contributed by atoms with Gasteiger partial charge in [-0.05, 0) is 19.8 Å². The molecule has 0 bridgehead atoms. The van der Waals surface area contributed by atoms with Gasteiger partial charge in [-0.15, -0.1) is 0 Å². The van der Waals surface area contributed by atoms with Gasteiger partial charge in [0.15, 0.2) is 5.78 Å². The highest BCUT2D eigenvalue weighted by Gasteiger charge is 2.22. The van der Waals surface area contributed by atoms with E-state index in [9.17, 15) is 9.59 Å². The Balaban J connectivity index is 3.05. The zero-order chi connectivity index (χ0) is 13.9. The molecule has 0 fully saturated rings. The first kappa shape index (κ1) is 14.0. The zero-order valence-corrected chi connectivity index (χ0v) is 11.0. The molecule has 0 aliphatic rings. The maximum atomic E-state index is 11.6. The third-order valence-corrected chi connectivity index (χ3v) is 2.39. The average Bonchev–Trinajstić information content (AvgIpc) is 2.52. The number of anilines is 1. The van der Waals surface area contributed by atoms with Crippen LogP contribution in [0.2, 0.25) is 0 Å². The van der Waals surface area contributed by atoms with E-state index in [1.165, 1.54) is 6.92 Å². The number of hydrogen-bond acceptors (Lipinski definition) is 4. The van der Waals surface area contributed by atoms with Crippen molar-refractivity contribution in [2.45, 2.75) is 34.1 Å². The van der Waals surface area contributed by atoms with E-state index in [4.69, 9.17) is 9.68 Å². The Morgan fingerprint density at radius 3 is 2.50 bits per heavy atom. The third kappa shape index (κ3) is 2.98. The van der Waals surface area contributed by atoms with Crippen molar-refractivity contribution in [3.63, 3.8) is 0 Å². The van der Waals surface area contributed by atoms with Gasteiger partial charge in [0.05, 0.1) is 5.56 Å². The number of ketones is 1. The monoisotopic (exact) mass is 248 g/mol. The molecule has 0 aliphatic carbocycles. The second-order valence-electron chi connectivity index (χ2n) is 4.55. The quantitative estimate of drug-likeness (QED) is 0.830. The number of carbonyl (C=O) groups excluding carboxylic acids is 2. The number of hydrogen-bond donors (Lipinski definition) is 1. The Labute approximate surface area is 106 Å². The van der Waals surface area contributed by atoms with Gasteiger partial charge in [-0.25, -0.2) is 0 Å². The summed E-state index contributed by atoms with van der Waals surface area (Å²) < 4.78 is 5.27. The summed E-state index contributed by atoms with van der Waals surface area (Å²) in [6, 6.07) is 1.90. The second kappa shape index (κ2) is 5.50. The lowest BCUT2D eigenvalue weighted by Gasteiger charge is -2.04. The SMILES string of the molecule is CC(=O)c1c(C)oc(NC(=O)CC(C)C)c1C#N. The Bertz CT molecular complexity index is 521. The molecule has 1 amide bonds. The number of Topliss-reactive ketones (excluding diaryl/α,β-unsaturated/α-hetero) is 1. The minimum absolute atomic E-state index is 0.0610. The zero-order valence-electron chi connectivity index (χ0n) is 11.0. The van der Waals surface area contributed by atoms with Crippen LogP contribution in [0.15, 0.2) is 4.42 Å². The number of nitriles is 1. The molecule has 1 heterocycles. The Morgan fingerprint density at radius 1 is 1.44 bits per heavy atom. The lowest BCUT2D eigenvalue weighted by atomic mass is 10.1. The van der Waals surface area contributed by atoms with Gasteiger partial charge >= 0.3 is 0 Å². The van der Waals surface area contributed by atoms with Crippen LogP contribution in [0.4, 0.5) is 5.88 Å². The van der Waals surface area contributed by atoms with Crippen LogP contribution in [-0.2, 0) is 4.79 Å². The van der Waals surface area contributed by atoms with Gasteiger partial charge in [0.1, 0.15) is 17.4 Å². The molecule has 18 heavy (non-hydrogen) atoms. The third-order valence-electron chi connectivity index (χ3n) is 2.39. The first-order valence-electron chi connectivity index (χ1n) is 5.71. The highest BCUT2D eigenvalue weighted by atomic mass is 16.4. The fourth-order valence-electron chi connectivity index (χ4n) is 1.71. The van der Waals surface area contributed by atoms with Crippen molar-refractivity contribution >= 4 is 17.6 Å². The van der Waals surface area contributed by atoms with Crippen molar-refractivity contribution in [3.05, 3.63) is 16.9 Å². The van der Waals surface area contributed by atoms with Crippen LogP contribution in [-0.4, -0.2) is 11.7 Å². The maximum Gasteiger partial charge on any atom is 0.226 e. The van der Waals surface area contributed by atoms with Crippen LogP contribution >= 0.6 is 0 Å². The minimum Gasteiger partial charge on any atom is -0.443 e. The lowest BCUT2D eigenvalue weighted by molar-refractivity contribution is -0.116. The molecule has 0 saturated carbocycles. The summed E-state index contributed by atoms with van der Waals surface area (Å²) in [7, 11) is 0. The Morgan fingerprint density at radius 2 is 2.06 bits per heavy atom. The van der Waals surface area contributed by atoms with Gasteiger partial charge in [-0.1, -0.05) is 13.8 Å². The Hall–Kier alpha value is -2.09. The van der Waals surface area contributed by atoms with Crippen LogP contribution in [0, 0.1) is 24.2 Å². The number of nitrogens with one attached hydrogen (secondary N) is 1. The largest absolute Gasteiger partial charge is 0.443 e. The highest BCUT2D eigenvalue weighted by Crippen LogP contribution is 2.27. The van der Waals surface area contributed by atoms with Crippen molar-refractivity contribution in [2.24, 2.45) is 5.92 Å². The predicted octanol–water partition coefficient (Wildman–Crippen LogP) is 2.65. The van der Waals surface area contributed by atoms with E-state index in [1.807, 2.05) is 19.9 Å². The molecule has 0 atom stereocenters. The van der Waals surface area contributed by atoms with Crippen molar-refractivity contribution in [3.8, 4) is 6.07 Å². The van der Waals surface area contributed by atoms with Crippen LogP contribution < -0.4 is 5.32 Å². The second-order valence-corrected chi connectivity index (χ2v) is 4.55. The minimum atomic E-state index is -0.253. The number of amides is 1. The molecule has 0 unspecified atom stereocenters. The van der Waals surface area contributed by atoms with E-state index in [2.05, 4.69) is 5.32 Å². The summed E-state index contributed by atoms with van der Waals surface area (Å²) in [6.07, 6.45) is 0.333. The molecule has 0 saturated heterocycles. The van der Waals surface area contributed by atoms with Gasteiger partial charge in [0.2, 0.25) is 11.8 Å². The van der Waals surface area contributed by atoms with Crippen molar-refractivity contribution in [2.75, 3.05) is 5.32 Å². The standard InChI is InChI=1S/C13H16N2O3/c1-7(2)5-11(17)15-13-10(6-14)12(8(3)16)9(4)18-13/h7H,5H2,1-4H3,(H,15,17). The number of rotatable bonds is 4. The first-order valence-corrected chi connectivity index (χ1v) is 5.71. The van der Waals surface area contributed by atoms with E-state index < -0.39 is 0 Å². The summed E-state index contributed by atoms with van der Waals surface area (Å²) in [6.45, 7) is 6.78. The molecule has 0 radical (unpaired) electrons. The fourth-order valence-corrected chi connectivity index (χ4v) is 1.71. The van der Waals surface area contributed by atoms with E-state index in [0.29, 0.717) is 12.2 Å². The topological polar surface area (TPSA) is 83.1 Å². The summed E-state index contributed by atoms with van der Waals surface area (Å²) >= 11 is 0. The summed E-state index contributed by atoms with van der Waals surface area (Å²) in [5, 5.41) is 11.6. The first-order chi connectivity index (χ1) is 8.36. The fraction of sp³-hybridized carbons (Fsp3) is 0.462. The smallest absolute Gasteiger partial charge is 0.226 e. The lowest BCUT2D eigenvalue weighted by Crippen LogP contribution is -2.14. The van der Waals surface area contributed by atoms with Gasteiger partial charge in [0, 0.05) is 6.42 Å². The molecule has 1 rings (SSSR count). The van der Waals surface area contributed by atoms with Crippen molar-refractivity contribution in [1.82, 2.24) is 0 Å². The molecular weight excluding hydrogens is 232 g/mol. The molecule has 5 heteroatoms. The number of furan rings is 1. The predicted molar refractivity (Wildman–Crippen MR) is 66.2 cm³/mol. The molecule has 96 valence electrons. The molecule has 1 N–H and O–H groups in total. The van der Waals surface area contributed by atoms with Crippen LogP contribution in [0.3, 0.4) is 0 Å². The number of carbonyl (C=O) groups is 2. The van der Waals surface area contributed by atoms with Crippen LogP contribution in [0.5, 0.6) is 0 Å². The maximum absolute atomic E-state index is 11.6. The summed E-state index contributed by atoms with van der Waals surface area (Å²) in [4.78, 5) is 23.0. The van der Waals surface area contributed by atoms with Gasteiger partial charge in [-0.2, -0.15) is 5.26 Å². The normalized spacial score (nSPS) is 10.2. The van der Waals surface area contributed by atoms with Gasteiger partial charge < -0.3 is 4.42 Å². The number of nitrogens with zero attached hydrogens (tertiary/aromatic N) is 1. The summed E-state index contributed by atoms with van der Waals surface area (Å²) in [5.74, 6) is 0.131. The van der Waals surface area contributed by atoms with Gasteiger partial charge in [0.25, 0.3) is 0 Å². The molecule has 5 nitrogen and oxygen atoms in total. The molecule has 0 aliphatic heterocycles. The number of aryl methyl sites for hydroxylation is 1. The van der Waals surface area contributed by atoms with E-state index >= 15 is 0 Å². The van der Waals surface area contributed by atoms with Crippen LogP contribution in [0.1, 0.15) is 48.9 Å².